The molecule has 0 N–H and O–H groups in total. The number of para-hydroxylation sites is 2. The minimum Gasteiger partial charge on any atom is -0.453 e. The Hall–Kier alpha value is -3.46. The molecule has 5 aromatic rings. The van der Waals surface area contributed by atoms with Gasteiger partial charge in [-0.3, -0.25) is 0 Å². The van der Waals surface area contributed by atoms with Gasteiger partial charge in [-0.2, -0.15) is 0 Å². The molecule has 0 radical (unpaired) electrons. The molecule has 0 amide bonds. The number of fused-ring (bicyclic) bond motifs is 7. The quantitative estimate of drug-likeness (QED) is 0.303. The zero-order valence-corrected chi connectivity index (χ0v) is 16.2. The minimum atomic E-state index is 0.899. The average Bonchev–Trinajstić information content (AvgIpc) is 3.23. The van der Waals surface area contributed by atoms with Crippen molar-refractivity contribution in [3.05, 3.63) is 72.5 Å². The highest BCUT2D eigenvalue weighted by molar-refractivity contribution is 6.30. The predicted molar refractivity (Wildman–Crippen MR) is 118 cm³/mol. The first kappa shape index (κ1) is 15.6. The molecule has 1 aliphatic rings. The summed E-state index contributed by atoms with van der Waals surface area (Å²) < 4.78 is 11.0. The van der Waals surface area contributed by atoms with Gasteiger partial charge in [0.05, 0.1) is 22.2 Å². The van der Waals surface area contributed by atoms with Crippen LogP contribution < -0.4 is 4.74 Å². The molecule has 0 spiro atoms. The van der Waals surface area contributed by atoms with Gasteiger partial charge in [0.2, 0.25) is 0 Å². The zero-order valence-electron chi connectivity index (χ0n) is 16.2. The van der Waals surface area contributed by atoms with Crippen LogP contribution in [0.15, 0.2) is 72.5 Å². The molecule has 0 unspecified atom stereocenters. The van der Waals surface area contributed by atoms with Crippen LogP contribution in [0.1, 0.15) is 13.8 Å². The van der Waals surface area contributed by atoms with Gasteiger partial charge in [0.25, 0.3) is 0 Å². The molecule has 0 fully saturated rings. The SMILES string of the molecule is C/C=C1/Oc2cc3c(c4ccccc4n3C)c3c4ccccc4n(c23)/C1=C/C. The molecule has 3 aromatic carbocycles. The third kappa shape index (κ3) is 1.70. The number of allylic oxidation sites excluding steroid dienone is 3. The summed E-state index contributed by atoms with van der Waals surface area (Å²) in [7, 11) is 2.14. The van der Waals surface area contributed by atoms with Gasteiger partial charge in [-0.05, 0) is 32.1 Å². The molecule has 3 nitrogen and oxygen atoms in total. The lowest BCUT2D eigenvalue weighted by molar-refractivity contribution is 0.440. The van der Waals surface area contributed by atoms with Crippen LogP contribution in [0.5, 0.6) is 5.75 Å². The fraction of sp³-hybridized carbons (Fsp3) is 0.120. The third-order valence-electron chi connectivity index (χ3n) is 6.03. The molecule has 28 heavy (non-hydrogen) atoms. The highest BCUT2D eigenvalue weighted by atomic mass is 16.5. The second-order valence-electron chi connectivity index (χ2n) is 7.35. The summed E-state index contributed by atoms with van der Waals surface area (Å²) in [6.45, 7) is 4.10. The normalized spacial score (nSPS) is 16.8. The molecular weight excluding hydrogens is 344 g/mol. The first-order chi connectivity index (χ1) is 13.7. The topological polar surface area (TPSA) is 19.1 Å². The molecule has 0 aliphatic carbocycles. The Bertz CT molecular complexity index is 1510. The maximum Gasteiger partial charge on any atom is 0.154 e. The van der Waals surface area contributed by atoms with Crippen molar-refractivity contribution in [2.75, 3.05) is 0 Å². The molecule has 136 valence electrons. The largest absolute Gasteiger partial charge is 0.453 e. The molecular formula is C25H20N2O. The Kier molecular flexibility index (Phi) is 2.95. The van der Waals surface area contributed by atoms with Crippen LogP contribution in [0.4, 0.5) is 0 Å². The first-order valence-corrected chi connectivity index (χ1v) is 9.69. The molecule has 0 bridgehead atoms. The van der Waals surface area contributed by atoms with E-state index in [-0.39, 0.29) is 0 Å². The molecule has 0 atom stereocenters. The van der Waals surface area contributed by atoms with Crippen LogP contribution in [0.3, 0.4) is 0 Å². The highest BCUT2D eigenvalue weighted by Crippen LogP contribution is 2.48. The van der Waals surface area contributed by atoms with E-state index >= 15 is 0 Å². The van der Waals surface area contributed by atoms with Crippen molar-refractivity contribution in [1.82, 2.24) is 9.13 Å². The van der Waals surface area contributed by atoms with E-state index < -0.39 is 0 Å². The van der Waals surface area contributed by atoms with Crippen molar-refractivity contribution in [3.8, 4) is 5.75 Å². The maximum atomic E-state index is 6.40. The smallest absolute Gasteiger partial charge is 0.154 e. The van der Waals surface area contributed by atoms with E-state index in [1.165, 1.54) is 38.1 Å². The molecule has 3 heterocycles. The summed E-state index contributed by atoms with van der Waals surface area (Å²) >= 11 is 0. The van der Waals surface area contributed by atoms with Crippen molar-refractivity contribution in [2.24, 2.45) is 7.05 Å². The van der Waals surface area contributed by atoms with Crippen LogP contribution in [-0.4, -0.2) is 9.13 Å². The average molecular weight is 364 g/mol. The second-order valence-corrected chi connectivity index (χ2v) is 7.35. The van der Waals surface area contributed by atoms with Gasteiger partial charge in [-0.15, -0.1) is 0 Å². The van der Waals surface area contributed by atoms with E-state index in [0.29, 0.717) is 0 Å². The highest BCUT2D eigenvalue weighted by Gasteiger charge is 2.28. The summed E-state index contributed by atoms with van der Waals surface area (Å²) in [5, 5.41) is 5.12. The summed E-state index contributed by atoms with van der Waals surface area (Å²) in [6, 6.07) is 19.5. The van der Waals surface area contributed by atoms with Gasteiger partial charge in [0.15, 0.2) is 5.75 Å². The second kappa shape index (κ2) is 5.29. The van der Waals surface area contributed by atoms with Gasteiger partial charge in [0.1, 0.15) is 5.76 Å². The lowest BCUT2D eigenvalue weighted by atomic mass is 10.0. The minimum absolute atomic E-state index is 0.899. The maximum absolute atomic E-state index is 6.40. The number of nitrogens with zero attached hydrogens (tertiary/aromatic N) is 2. The Labute approximate surface area is 162 Å². The fourth-order valence-electron chi connectivity index (χ4n) is 4.85. The summed E-state index contributed by atoms with van der Waals surface area (Å²) in [5.74, 6) is 1.82. The summed E-state index contributed by atoms with van der Waals surface area (Å²) in [4.78, 5) is 0. The van der Waals surface area contributed by atoms with Gasteiger partial charge < -0.3 is 13.9 Å². The van der Waals surface area contributed by atoms with Gasteiger partial charge >= 0.3 is 0 Å². The van der Waals surface area contributed by atoms with Crippen LogP contribution in [0.25, 0.3) is 49.3 Å². The Morgan fingerprint density at radius 1 is 0.786 bits per heavy atom. The number of rotatable bonds is 0. The number of hydrogen-bond donors (Lipinski definition) is 0. The van der Waals surface area contributed by atoms with Gasteiger partial charge in [0, 0.05) is 40.2 Å². The molecule has 6 rings (SSSR count). The van der Waals surface area contributed by atoms with Crippen LogP contribution >= 0.6 is 0 Å². The number of ether oxygens (including phenoxy) is 1. The molecule has 0 saturated heterocycles. The van der Waals surface area contributed by atoms with Crippen molar-refractivity contribution in [2.45, 2.75) is 13.8 Å². The number of benzene rings is 3. The number of aryl methyl sites for hydroxylation is 1. The van der Waals surface area contributed by atoms with Crippen molar-refractivity contribution < 1.29 is 4.74 Å². The lowest BCUT2D eigenvalue weighted by Crippen LogP contribution is -2.11. The van der Waals surface area contributed by atoms with Crippen molar-refractivity contribution >= 4 is 49.3 Å². The standard InChI is InChI=1S/C25H20N2O/c1-4-17-21(5-2)28-22-14-20-23(15-10-6-8-12-18(15)26(20)3)24-16-11-7-9-13-19(16)27(17)25(22)24/h4-14H,1-3H3/b17-4+,21-5+. The molecule has 2 aromatic heterocycles. The number of aromatic nitrogens is 2. The molecule has 1 aliphatic heterocycles. The van der Waals surface area contributed by atoms with E-state index in [1.807, 2.05) is 13.0 Å². The predicted octanol–water partition coefficient (Wildman–Crippen LogP) is 6.60. The van der Waals surface area contributed by atoms with E-state index in [4.69, 9.17) is 4.74 Å². The van der Waals surface area contributed by atoms with E-state index in [9.17, 15) is 0 Å². The summed E-state index contributed by atoms with van der Waals surface area (Å²) in [5.41, 5.74) is 5.91. The van der Waals surface area contributed by atoms with Crippen LogP contribution in [0, 0.1) is 0 Å². The Balaban J connectivity index is 2.00. The third-order valence-corrected chi connectivity index (χ3v) is 6.03. The van der Waals surface area contributed by atoms with Crippen molar-refractivity contribution in [1.29, 1.82) is 0 Å². The fourth-order valence-corrected chi connectivity index (χ4v) is 4.85. The van der Waals surface area contributed by atoms with Crippen molar-refractivity contribution in [3.63, 3.8) is 0 Å². The van der Waals surface area contributed by atoms with E-state index in [0.717, 1.165) is 22.7 Å². The van der Waals surface area contributed by atoms with E-state index in [2.05, 4.69) is 83.8 Å². The monoisotopic (exact) mass is 364 g/mol. The molecule has 0 saturated carbocycles. The first-order valence-electron chi connectivity index (χ1n) is 9.69. The molecule has 3 heteroatoms. The van der Waals surface area contributed by atoms with Crippen LogP contribution in [0.2, 0.25) is 0 Å². The van der Waals surface area contributed by atoms with Gasteiger partial charge in [-0.1, -0.05) is 42.5 Å². The Morgan fingerprint density at radius 3 is 2.18 bits per heavy atom. The van der Waals surface area contributed by atoms with Gasteiger partial charge in [-0.25, -0.2) is 0 Å². The number of hydrogen-bond acceptors (Lipinski definition) is 1. The Morgan fingerprint density at radius 2 is 1.46 bits per heavy atom. The van der Waals surface area contributed by atoms with Crippen LogP contribution in [-0.2, 0) is 7.05 Å². The summed E-state index contributed by atoms with van der Waals surface area (Å²) in [6.07, 6.45) is 4.18. The zero-order chi connectivity index (χ0) is 19.0. The lowest BCUT2D eigenvalue weighted by Gasteiger charge is -2.23. The van der Waals surface area contributed by atoms with E-state index in [1.54, 1.807) is 0 Å².